The number of ether oxygens (including phenoxy) is 1. The lowest BCUT2D eigenvalue weighted by Gasteiger charge is -2.22. The molecule has 1 aromatic carbocycles. The van der Waals surface area contributed by atoms with Gasteiger partial charge in [0.15, 0.2) is 9.84 Å². The molecule has 0 saturated heterocycles. The van der Waals surface area contributed by atoms with Crippen LogP contribution < -0.4 is 10.5 Å². The number of nitrogens with two attached hydrogens (primary N) is 1. The van der Waals surface area contributed by atoms with Gasteiger partial charge < -0.3 is 10.5 Å². The Bertz CT molecular complexity index is 580. The molecule has 1 aromatic rings. The molecule has 0 spiro atoms. The van der Waals surface area contributed by atoms with Gasteiger partial charge >= 0.3 is 0 Å². The van der Waals surface area contributed by atoms with E-state index in [4.69, 9.17) is 15.9 Å². The highest BCUT2D eigenvalue weighted by molar-refractivity contribution is 7.90. The predicted molar refractivity (Wildman–Crippen MR) is 80.0 cm³/mol. The average molecular weight is 298 g/mol. The first-order valence-electron chi connectivity index (χ1n) is 6.40. The second-order valence-corrected chi connectivity index (χ2v) is 7.51. The van der Waals surface area contributed by atoms with Crippen molar-refractivity contribution in [3.8, 4) is 5.75 Å². The number of nitrogens with one attached hydrogen (secondary N) is 1. The van der Waals surface area contributed by atoms with E-state index in [2.05, 4.69) is 0 Å². The molecule has 0 atom stereocenters. The molecular formula is C14H22N2O3S. The number of hydrogen-bond acceptors (Lipinski definition) is 4. The van der Waals surface area contributed by atoms with Gasteiger partial charge in [-0.05, 0) is 31.0 Å². The first-order chi connectivity index (χ1) is 9.13. The third kappa shape index (κ3) is 4.85. The lowest BCUT2D eigenvalue weighted by Crippen LogP contribution is -2.31. The summed E-state index contributed by atoms with van der Waals surface area (Å²) in [6.45, 7) is 4.29. The van der Waals surface area contributed by atoms with E-state index in [1.807, 2.05) is 13.8 Å². The van der Waals surface area contributed by atoms with Crippen LogP contribution in [0.2, 0.25) is 0 Å². The second-order valence-electron chi connectivity index (χ2n) is 5.50. The Kier molecular flexibility index (Phi) is 5.16. The van der Waals surface area contributed by atoms with Crippen LogP contribution in [0, 0.1) is 10.8 Å². The quantitative estimate of drug-likeness (QED) is 0.458. The van der Waals surface area contributed by atoms with Gasteiger partial charge in [-0.3, -0.25) is 5.41 Å². The van der Waals surface area contributed by atoms with Crippen molar-refractivity contribution in [2.24, 2.45) is 11.1 Å². The molecule has 0 amide bonds. The van der Waals surface area contributed by atoms with Crippen LogP contribution in [0.1, 0.15) is 26.7 Å². The van der Waals surface area contributed by atoms with Crippen LogP contribution in [0.5, 0.6) is 5.75 Å². The maximum Gasteiger partial charge on any atom is 0.175 e. The van der Waals surface area contributed by atoms with E-state index < -0.39 is 9.84 Å². The van der Waals surface area contributed by atoms with E-state index in [0.717, 1.165) is 12.8 Å². The van der Waals surface area contributed by atoms with Crippen LogP contribution in [0.3, 0.4) is 0 Å². The SMILES string of the molecule is CC(C)(CCCOc1cccc(S(C)(=O)=O)c1)C(=N)N. The minimum absolute atomic E-state index is 0.163. The molecule has 0 saturated carbocycles. The molecule has 0 aromatic heterocycles. The normalized spacial score (nSPS) is 12.2. The van der Waals surface area contributed by atoms with Gasteiger partial charge in [0.1, 0.15) is 5.75 Å². The third-order valence-electron chi connectivity index (χ3n) is 3.18. The third-order valence-corrected chi connectivity index (χ3v) is 4.29. The molecule has 0 radical (unpaired) electrons. The van der Waals surface area contributed by atoms with E-state index in [-0.39, 0.29) is 16.1 Å². The molecule has 6 heteroatoms. The van der Waals surface area contributed by atoms with Crippen molar-refractivity contribution in [2.45, 2.75) is 31.6 Å². The van der Waals surface area contributed by atoms with Crippen molar-refractivity contribution >= 4 is 15.7 Å². The Hall–Kier alpha value is -1.56. The van der Waals surface area contributed by atoms with Crippen LogP contribution in [0.15, 0.2) is 29.2 Å². The lowest BCUT2D eigenvalue weighted by molar-refractivity contribution is 0.286. The average Bonchev–Trinajstić information content (AvgIpc) is 2.34. The van der Waals surface area contributed by atoms with E-state index in [1.54, 1.807) is 18.2 Å². The zero-order chi connectivity index (χ0) is 15.4. The van der Waals surface area contributed by atoms with E-state index >= 15 is 0 Å². The molecule has 1 rings (SSSR count). The minimum Gasteiger partial charge on any atom is -0.494 e. The van der Waals surface area contributed by atoms with Crippen molar-refractivity contribution in [1.82, 2.24) is 0 Å². The molecule has 5 nitrogen and oxygen atoms in total. The fourth-order valence-electron chi connectivity index (χ4n) is 1.63. The minimum atomic E-state index is -3.22. The molecule has 20 heavy (non-hydrogen) atoms. The van der Waals surface area contributed by atoms with Gasteiger partial charge in [0.25, 0.3) is 0 Å². The number of amidine groups is 1. The fraction of sp³-hybridized carbons (Fsp3) is 0.500. The maximum atomic E-state index is 11.4. The predicted octanol–water partition coefficient (Wildman–Crippen LogP) is 2.21. The van der Waals surface area contributed by atoms with Crippen LogP contribution in [0.4, 0.5) is 0 Å². The molecule has 0 aliphatic rings. The molecule has 0 unspecified atom stereocenters. The van der Waals surface area contributed by atoms with Crippen LogP contribution in [-0.2, 0) is 9.84 Å². The smallest absolute Gasteiger partial charge is 0.175 e. The Balaban J connectivity index is 2.54. The summed E-state index contributed by atoms with van der Waals surface area (Å²) in [4.78, 5) is 0.249. The van der Waals surface area contributed by atoms with E-state index in [9.17, 15) is 8.42 Å². The van der Waals surface area contributed by atoms with Gasteiger partial charge in [0, 0.05) is 11.7 Å². The van der Waals surface area contributed by atoms with Gasteiger partial charge in [-0.25, -0.2) is 8.42 Å². The van der Waals surface area contributed by atoms with Crippen molar-refractivity contribution in [2.75, 3.05) is 12.9 Å². The standard InChI is InChI=1S/C14H22N2O3S/c1-14(2,13(15)16)8-5-9-19-11-6-4-7-12(10-11)20(3,17)18/h4,6-7,10H,5,8-9H2,1-3H3,(H3,15,16). The number of hydrogen-bond donors (Lipinski definition) is 2. The highest BCUT2D eigenvalue weighted by atomic mass is 32.2. The summed E-state index contributed by atoms with van der Waals surface area (Å²) in [6.07, 6.45) is 2.66. The molecule has 0 bridgehead atoms. The Morgan fingerprint density at radius 1 is 1.40 bits per heavy atom. The summed E-state index contributed by atoms with van der Waals surface area (Å²) in [5.41, 5.74) is 5.17. The topological polar surface area (TPSA) is 93.2 Å². The molecule has 112 valence electrons. The monoisotopic (exact) mass is 298 g/mol. The van der Waals surface area contributed by atoms with Crippen molar-refractivity contribution < 1.29 is 13.2 Å². The highest BCUT2D eigenvalue weighted by Crippen LogP contribution is 2.22. The van der Waals surface area contributed by atoms with Crippen LogP contribution in [0.25, 0.3) is 0 Å². The molecule has 3 N–H and O–H groups in total. The van der Waals surface area contributed by atoms with Crippen molar-refractivity contribution in [3.05, 3.63) is 24.3 Å². The molecule has 0 aliphatic carbocycles. The Morgan fingerprint density at radius 2 is 2.05 bits per heavy atom. The van der Waals surface area contributed by atoms with E-state index in [1.165, 1.54) is 12.3 Å². The Morgan fingerprint density at radius 3 is 2.60 bits per heavy atom. The molecule has 0 heterocycles. The number of rotatable bonds is 7. The molecule has 0 aliphatic heterocycles. The summed E-state index contributed by atoms with van der Waals surface area (Å²) >= 11 is 0. The Labute approximate surface area is 120 Å². The van der Waals surface area contributed by atoms with E-state index in [0.29, 0.717) is 12.4 Å². The van der Waals surface area contributed by atoms with Crippen molar-refractivity contribution in [3.63, 3.8) is 0 Å². The van der Waals surface area contributed by atoms with Crippen LogP contribution in [-0.4, -0.2) is 27.1 Å². The van der Waals surface area contributed by atoms with Gasteiger partial charge in [-0.2, -0.15) is 0 Å². The fourth-order valence-corrected chi connectivity index (χ4v) is 2.29. The summed E-state index contributed by atoms with van der Waals surface area (Å²) in [5, 5.41) is 7.46. The number of sulfone groups is 1. The largest absolute Gasteiger partial charge is 0.494 e. The summed E-state index contributed by atoms with van der Waals surface area (Å²) in [7, 11) is -3.22. The van der Waals surface area contributed by atoms with Gasteiger partial charge in [-0.15, -0.1) is 0 Å². The molecular weight excluding hydrogens is 276 g/mol. The van der Waals surface area contributed by atoms with Crippen LogP contribution >= 0.6 is 0 Å². The first-order valence-corrected chi connectivity index (χ1v) is 8.29. The first kappa shape index (κ1) is 16.5. The summed E-state index contributed by atoms with van der Waals surface area (Å²) in [6, 6.07) is 6.45. The highest BCUT2D eigenvalue weighted by Gasteiger charge is 2.20. The summed E-state index contributed by atoms with van der Waals surface area (Å²) < 4.78 is 28.4. The zero-order valence-corrected chi connectivity index (χ0v) is 13.0. The molecule has 0 fully saturated rings. The maximum absolute atomic E-state index is 11.4. The second kappa shape index (κ2) is 6.26. The zero-order valence-electron chi connectivity index (χ0n) is 12.1. The lowest BCUT2D eigenvalue weighted by atomic mass is 9.87. The summed E-state index contributed by atoms with van der Waals surface area (Å²) in [5.74, 6) is 0.699. The van der Waals surface area contributed by atoms with Gasteiger partial charge in [0.2, 0.25) is 0 Å². The van der Waals surface area contributed by atoms with Gasteiger partial charge in [0.05, 0.1) is 17.3 Å². The van der Waals surface area contributed by atoms with Gasteiger partial charge in [-0.1, -0.05) is 19.9 Å². The number of benzene rings is 1. The van der Waals surface area contributed by atoms with Crippen molar-refractivity contribution in [1.29, 1.82) is 5.41 Å².